The van der Waals surface area contributed by atoms with E-state index in [4.69, 9.17) is 6.42 Å². The Bertz CT molecular complexity index is 288. The third kappa shape index (κ3) is 4.51. The second kappa shape index (κ2) is 7.92. The van der Waals surface area contributed by atoms with Crippen molar-refractivity contribution >= 4 is 0 Å². The van der Waals surface area contributed by atoms with Crippen LogP contribution < -0.4 is 5.32 Å². The zero-order valence-corrected chi connectivity index (χ0v) is 12.5. The van der Waals surface area contributed by atoms with E-state index in [1.54, 1.807) is 0 Å². The fraction of sp³-hybridized carbons (Fsp3) is 0.882. The van der Waals surface area contributed by atoms with Gasteiger partial charge in [0.15, 0.2) is 0 Å². The Morgan fingerprint density at radius 2 is 2.00 bits per heavy atom. The highest BCUT2D eigenvalue weighted by Crippen LogP contribution is 2.28. The van der Waals surface area contributed by atoms with Gasteiger partial charge in [-0.2, -0.15) is 0 Å². The highest BCUT2D eigenvalue weighted by atomic mass is 15.2. The predicted octanol–water partition coefficient (Wildman–Crippen LogP) is 3.03. The molecule has 2 atom stereocenters. The highest BCUT2D eigenvalue weighted by molar-refractivity contribution is 4.89. The summed E-state index contributed by atoms with van der Waals surface area (Å²) in [5, 5.41) is 3.80. The Kier molecular flexibility index (Phi) is 6.20. The molecule has 0 radical (unpaired) electrons. The van der Waals surface area contributed by atoms with E-state index >= 15 is 0 Å². The third-order valence-corrected chi connectivity index (χ3v) is 4.97. The number of hydrogen-bond donors (Lipinski definition) is 1. The first-order valence-corrected chi connectivity index (χ1v) is 8.22. The highest BCUT2D eigenvalue weighted by Gasteiger charge is 2.30. The first kappa shape index (κ1) is 14.9. The van der Waals surface area contributed by atoms with Gasteiger partial charge in [0.05, 0.1) is 0 Å². The molecule has 0 amide bonds. The molecule has 0 aromatic carbocycles. The van der Waals surface area contributed by atoms with Crippen LogP contribution in [0.5, 0.6) is 0 Å². The summed E-state index contributed by atoms with van der Waals surface area (Å²) in [6.07, 6.45) is 15.9. The van der Waals surface area contributed by atoms with Gasteiger partial charge in [-0.05, 0) is 45.1 Å². The number of rotatable bonds is 5. The third-order valence-electron chi connectivity index (χ3n) is 4.97. The van der Waals surface area contributed by atoms with Gasteiger partial charge in [-0.1, -0.05) is 19.3 Å². The van der Waals surface area contributed by atoms with E-state index in [1.807, 2.05) is 0 Å². The summed E-state index contributed by atoms with van der Waals surface area (Å²) in [6, 6.07) is 1.43. The van der Waals surface area contributed by atoms with Gasteiger partial charge in [0.1, 0.15) is 0 Å². The molecule has 1 saturated carbocycles. The average molecular weight is 262 g/mol. The number of nitrogens with zero attached hydrogens (tertiary/aromatic N) is 1. The topological polar surface area (TPSA) is 15.3 Å². The van der Waals surface area contributed by atoms with Crippen molar-refractivity contribution in [2.75, 3.05) is 19.6 Å². The largest absolute Gasteiger partial charge is 0.311 e. The Morgan fingerprint density at radius 3 is 2.74 bits per heavy atom. The number of hydrogen-bond acceptors (Lipinski definition) is 2. The molecular weight excluding hydrogens is 232 g/mol. The van der Waals surface area contributed by atoms with Crippen LogP contribution in [-0.2, 0) is 0 Å². The van der Waals surface area contributed by atoms with Crippen molar-refractivity contribution in [3.63, 3.8) is 0 Å². The van der Waals surface area contributed by atoms with Crippen molar-refractivity contribution < 1.29 is 0 Å². The molecule has 1 aliphatic carbocycles. The molecule has 2 fully saturated rings. The molecule has 1 N–H and O–H groups in total. The van der Waals surface area contributed by atoms with E-state index in [0.29, 0.717) is 6.04 Å². The molecule has 0 spiro atoms. The molecule has 1 aliphatic heterocycles. The zero-order chi connectivity index (χ0) is 13.5. The van der Waals surface area contributed by atoms with Crippen LogP contribution >= 0.6 is 0 Å². The second-order valence-corrected chi connectivity index (χ2v) is 6.42. The van der Waals surface area contributed by atoms with Crippen molar-refractivity contribution in [3.8, 4) is 12.3 Å². The van der Waals surface area contributed by atoms with Gasteiger partial charge in [-0.15, -0.1) is 12.3 Å². The molecule has 2 unspecified atom stereocenters. The standard InChI is InChI=1S/C17H30N2/c1-3-4-5-9-12-19-14-17(18-13-15(19)2)16-10-7-6-8-11-16/h1,15-18H,4-14H2,2H3. The molecule has 2 heteroatoms. The number of terminal acetylenes is 1. The van der Waals surface area contributed by atoms with E-state index in [0.717, 1.165) is 24.9 Å². The molecule has 2 aliphatic rings. The summed E-state index contributed by atoms with van der Waals surface area (Å²) in [6.45, 7) is 6.00. The van der Waals surface area contributed by atoms with Gasteiger partial charge in [-0.3, -0.25) is 4.90 Å². The van der Waals surface area contributed by atoms with Crippen LogP contribution in [0.15, 0.2) is 0 Å². The first-order valence-electron chi connectivity index (χ1n) is 8.22. The van der Waals surface area contributed by atoms with Crippen LogP contribution in [0.3, 0.4) is 0 Å². The Labute approximate surface area is 119 Å². The molecule has 1 saturated heterocycles. The lowest BCUT2D eigenvalue weighted by molar-refractivity contribution is 0.103. The van der Waals surface area contributed by atoms with Crippen LogP contribution in [0.25, 0.3) is 0 Å². The van der Waals surface area contributed by atoms with Gasteiger partial charge in [0.25, 0.3) is 0 Å². The maximum Gasteiger partial charge on any atom is 0.0224 e. The van der Waals surface area contributed by atoms with Crippen LogP contribution in [0.4, 0.5) is 0 Å². The van der Waals surface area contributed by atoms with E-state index in [9.17, 15) is 0 Å². The Hall–Kier alpha value is -0.520. The summed E-state index contributed by atoms with van der Waals surface area (Å²) in [4.78, 5) is 2.69. The molecule has 2 rings (SSSR count). The minimum atomic E-state index is 0.686. The molecule has 0 aromatic heterocycles. The van der Waals surface area contributed by atoms with E-state index in [2.05, 4.69) is 23.1 Å². The molecule has 1 heterocycles. The molecule has 0 aromatic rings. The first-order chi connectivity index (χ1) is 9.31. The van der Waals surface area contributed by atoms with Crippen LogP contribution in [0.2, 0.25) is 0 Å². The van der Waals surface area contributed by atoms with Crippen LogP contribution in [0, 0.1) is 18.3 Å². The van der Waals surface area contributed by atoms with E-state index in [-0.39, 0.29) is 0 Å². The zero-order valence-electron chi connectivity index (χ0n) is 12.5. The summed E-state index contributed by atoms with van der Waals surface area (Å²) >= 11 is 0. The van der Waals surface area contributed by atoms with Crippen molar-refractivity contribution in [3.05, 3.63) is 0 Å². The van der Waals surface area contributed by atoms with Crippen molar-refractivity contribution in [2.24, 2.45) is 5.92 Å². The fourth-order valence-corrected chi connectivity index (χ4v) is 3.65. The van der Waals surface area contributed by atoms with Crippen molar-refractivity contribution in [2.45, 2.75) is 70.4 Å². The Balaban J connectivity index is 1.76. The predicted molar refractivity (Wildman–Crippen MR) is 82.1 cm³/mol. The number of nitrogens with one attached hydrogen (secondary N) is 1. The van der Waals surface area contributed by atoms with Crippen LogP contribution in [0.1, 0.15) is 58.3 Å². The van der Waals surface area contributed by atoms with Gasteiger partial charge in [0, 0.05) is 31.6 Å². The van der Waals surface area contributed by atoms with E-state index in [1.165, 1.54) is 58.0 Å². The molecule has 0 bridgehead atoms. The number of unbranched alkanes of at least 4 members (excludes halogenated alkanes) is 2. The summed E-state index contributed by atoms with van der Waals surface area (Å²) in [5.41, 5.74) is 0. The lowest BCUT2D eigenvalue weighted by atomic mass is 9.82. The SMILES string of the molecule is C#CCCCCN1CC(C2CCCCC2)NCC1C. The van der Waals surface area contributed by atoms with Crippen molar-refractivity contribution in [1.29, 1.82) is 0 Å². The smallest absolute Gasteiger partial charge is 0.0224 e. The monoisotopic (exact) mass is 262 g/mol. The van der Waals surface area contributed by atoms with Crippen LogP contribution in [-0.4, -0.2) is 36.6 Å². The van der Waals surface area contributed by atoms with Gasteiger partial charge < -0.3 is 5.32 Å². The van der Waals surface area contributed by atoms with Gasteiger partial charge in [0.2, 0.25) is 0 Å². The lowest BCUT2D eigenvalue weighted by Crippen LogP contribution is -2.58. The molecule has 2 nitrogen and oxygen atoms in total. The fourth-order valence-electron chi connectivity index (χ4n) is 3.65. The summed E-state index contributed by atoms with van der Waals surface area (Å²) in [5.74, 6) is 3.67. The molecule has 108 valence electrons. The summed E-state index contributed by atoms with van der Waals surface area (Å²) in [7, 11) is 0. The summed E-state index contributed by atoms with van der Waals surface area (Å²) < 4.78 is 0. The minimum absolute atomic E-state index is 0.686. The Morgan fingerprint density at radius 1 is 1.21 bits per heavy atom. The molecular formula is C17H30N2. The number of piperazine rings is 1. The maximum atomic E-state index is 5.32. The van der Waals surface area contributed by atoms with E-state index < -0.39 is 0 Å². The molecule has 19 heavy (non-hydrogen) atoms. The van der Waals surface area contributed by atoms with Gasteiger partial charge >= 0.3 is 0 Å². The average Bonchev–Trinajstić information content (AvgIpc) is 2.46. The van der Waals surface area contributed by atoms with Crippen molar-refractivity contribution in [1.82, 2.24) is 10.2 Å². The lowest BCUT2D eigenvalue weighted by Gasteiger charge is -2.43. The second-order valence-electron chi connectivity index (χ2n) is 6.42. The minimum Gasteiger partial charge on any atom is -0.311 e. The normalized spacial score (nSPS) is 30.1. The quantitative estimate of drug-likeness (QED) is 0.605. The maximum absolute atomic E-state index is 5.32. The van der Waals surface area contributed by atoms with Gasteiger partial charge in [-0.25, -0.2) is 0 Å².